The number of aromatic nitrogens is 3. The SMILES string of the molecule is Cn1cnnc1SCc1ccc(C(=O)N/N=C\c2ccsc2)cc1. The second-order valence-corrected chi connectivity index (χ2v) is 6.69. The molecule has 3 rings (SSSR count). The molecule has 0 unspecified atom stereocenters. The Morgan fingerprint density at radius 1 is 1.38 bits per heavy atom. The van der Waals surface area contributed by atoms with Crippen LogP contribution in [0.15, 0.2) is 57.7 Å². The predicted octanol–water partition coefficient (Wildman–Crippen LogP) is 2.93. The van der Waals surface area contributed by atoms with Crippen LogP contribution in [0, 0.1) is 0 Å². The third-order valence-corrected chi connectivity index (χ3v) is 4.98. The zero-order valence-electron chi connectivity index (χ0n) is 12.9. The van der Waals surface area contributed by atoms with Gasteiger partial charge in [0.2, 0.25) is 0 Å². The summed E-state index contributed by atoms with van der Waals surface area (Å²) in [6.07, 6.45) is 3.30. The van der Waals surface area contributed by atoms with Gasteiger partial charge in [0.05, 0.1) is 6.21 Å². The molecule has 122 valence electrons. The average molecular weight is 357 g/mol. The molecule has 0 saturated heterocycles. The van der Waals surface area contributed by atoms with E-state index in [0.717, 1.165) is 22.0 Å². The van der Waals surface area contributed by atoms with E-state index in [9.17, 15) is 4.79 Å². The van der Waals surface area contributed by atoms with E-state index in [4.69, 9.17) is 0 Å². The average Bonchev–Trinajstić information content (AvgIpc) is 3.25. The number of amides is 1. The van der Waals surface area contributed by atoms with E-state index in [2.05, 4.69) is 20.7 Å². The maximum absolute atomic E-state index is 12.0. The Bertz CT molecular complexity index is 825. The number of hydrogen-bond acceptors (Lipinski definition) is 6. The van der Waals surface area contributed by atoms with Crippen molar-refractivity contribution in [2.45, 2.75) is 10.9 Å². The van der Waals surface area contributed by atoms with Crippen molar-refractivity contribution in [1.82, 2.24) is 20.2 Å². The third kappa shape index (κ3) is 4.30. The third-order valence-electron chi connectivity index (χ3n) is 3.18. The highest BCUT2D eigenvalue weighted by atomic mass is 32.2. The van der Waals surface area contributed by atoms with E-state index < -0.39 is 0 Å². The lowest BCUT2D eigenvalue weighted by Crippen LogP contribution is -2.17. The number of rotatable bonds is 6. The second kappa shape index (κ2) is 7.89. The molecule has 1 N–H and O–H groups in total. The van der Waals surface area contributed by atoms with Crippen LogP contribution in [-0.4, -0.2) is 26.9 Å². The van der Waals surface area contributed by atoms with Crippen molar-refractivity contribution in [3.63, 3.8) is 0 Å². The Labute approximate surface area is 147 Å². The molecule has 6 nitrogen and oxygen atoms in total. The summed E-state index contributed by atoms with van der Waals surface area (Å²) >= 11 is 3.18. The predicted molar refractivity (Wildman–Crippen MR) is 96.4 cm³/mol. The summed E-state index contributed by atoms with van der Waals surface area (Å²) in [5.41, 5.74) is 5.18. The van der Waals surface area contributed by atoms with Crippen LogP contribution in [0.4, 0.5) is 0 Å². The Morgan fingerprint density at radius 2 is 2.21 bits per heavy atom. The lowest BCUT2D eigenvalue weighted by atomic mass is 10.1. The number of nitrogens with zero attached hydrogens (tertiary/aromatic N) is 4. The van der Waals surface area contributed by atoms with E-state index in [1.807, 2.05) is 40.6 Å². The van der Waals surface area contributed by atoms with Gasteiger partial charge in [-0.05, 0) is 34.5 Å². The zero-order chi connectivity index (χ0) is 16.8. The standard InChI is InChI=1S/C16H15N5OS2/c1-21-11-18-20-16(21)24-10-12-2-4-14(5-3-12)15(22)19-17-8-13-6-7-23-9-13/h2-9,11H,10H2,1H3,(H,19,22)/b17-8-. The summed E-state index contributed by atoms with van der Waals surface area (Å²) in [4.78, 5) is 12.0. The van der Waals surface area contributed by atoms with Crippen molar-refractivity contribution in [3.8, 4) is 0 Å². The van der Waals surface area contributed by atoms with Crippen LogP contribution < -0.4 is 5.43 Å². The van der Waals surface area contributed by atoms with Crippen LogP contribution in [0.3, 0.4) is 0 Å². The van der Waals surface area contributed by atoms with Crippen LogP contribution in [0.1, 0.15) is 21.5 Å². The molecule has 0 aliphatic rings. The molecule has 0 saturated carbocycles. The molecule has 0 fully saturated rings. The number of benzene rings is 1. The molecule has 1 amide bonds. The molecule has 0 spiro atoms. The molecular formula is C16H15N5OS2. The lowest BCUT2D eigenvalue weighted by Gasteiger charge is -2.03. The first kappa shape index (κ1) is 16.4. The molecule has 1 aromatic carbocycles. The van der Waals surface area contributed by atoms with Gasteiger partial charge in [-0.15, -0.1) is 10.2 Å². The number of aryl methyl sites for hydroxylation is 1. The van der Waals surface area contributed by atoms with Gasteiger partial charge in [-0.25, -0.2) is 5.43 Å². The van der Waals surface area contributed by atoms with Gasteiger partial charge in [0.25, 0.3) is 5.91 Å². The van der Waals surface area contributed by atoms with Crippen LogP contribution in [0.25, 0.3) is 0 Å². The van der Waals surface area contributed by atoms with Crippen LogP contribution >= 0.6 is 23.1 Å². The summed E-state index contributed by atoms with van der Waals surface area (Å²) in [5, 5.41) is 16.6. The molecule has 0 aliphatic heterocycles. The van der Waals surface area contributed by atoms with Crippen molar-refractivity contribution in [1.29, 1.82) is 0 Å². The Morgan fingerprint density at radius 3 is 2.88 bits per heavy atom. The van der Waals surface area contributed by atoms with Crippen molar-refractivity contribution >= 4 is 35.2 Å². The summed E-state index contributed by atoms with van der Waals surface area (Å²) < 4.78 is 1.87. The summed E-state index contributed by atoms with van der Waals surface area (Å²) in [6.45, 7) is 0. The Balaban J connectivity index is 1.53. The fourth-order valence-electron chi connectivity index (χ4n) is 1.88. The van der Waals surface area contributed by atoms with E-state index in [0.29, 0.717) is 5.56 Å². The maximum Gasteiger partial charge on any atom is 0.271 e. The van der Waals surface area contributed by atoms with E-state index in [1.165, 1.54) is 0 Å². The minimum absolute atomic E-state index is 0.228. The Kier molecular flexibility index (Phi) is 5.39. The number of thiophene rings is 1. The molecule has 0 atom stereocenters. The maximum atomic E-state index is 12.0. The molecular weight excluding hydrogens is 342 g/mol. The van der Waals surface area contributed by atoms with Crippen molar-refractivity contribution in [2.75, 3.05) is 0 Å². The number of carbonyl (C=O) groups excluding carboxylic acids is 1. The smallest absolute Gasteiger partial charge is 0.271 e. The molecule has 24 heavy (non-hydrogen) atoms. The van der Waals surface area contributed by atoms with Crippen molar-refractivity contribution in [2.24, 2.45) is 12.1 Å². The van der Waals surface area contributed by atoms with Gasteiger partial charge in [0.15, 0.2) is 5.16 Å². The van der Waals surface area contributed by atoms with E-state index in [-0.39, 0.29) is 5.91 Å². The molecule has 3 aromatic rings. The van der Waals surface area contributed by atoms with Crippen LogP contribution in [0.5, 0.6) is 0 Å². The highest BCUT2D eigenvalue weighted by Crippen LogP contribution is 2.20. The number of hydrazone groups is 1. The number of carbonyl (C=O) groups is 1. The molecule has 0 bridgehead atoms. The largest absolute Gasteiger partial charge is 0.312 e. The van der Waals surface area contributed by atoms with Crippen molar-refractivity contribution in [3.05, 3.63) is 64.1 Å². The number of thioether (sulfide) groups is 1. The zero-order valence-corrected chi connectivity index (χ0v) is 14.5. The highest BCUT2D eigenvalue weighted by Gasteiger charge is 2.06. The molecule has 2 heterocycles. The number of nitrogens with one attached hydrogen (secondary N) is 1. The van der Waals surface area contributed by atoms with Gasteiger partial charge in [-0.3, -0.25) is 4.79 Å². The quantitative estimate of drug-likeness (QED) is 0.418. The highest BCUT2D eigenvalue weighted by molar-refractivity contribution is 7.98. The minimum Gasteiger partial charge on any atom is -0.312 e. The van der Waals surface area contributed by atoms with Gasteiger partial charge >= 0.3 is 0 Å². The number of hydrogen-bond donors (Lipinski definition) is 1. The normalized spacial score (nSPS) is 11.0. The fourth-order valence-corrected chi connectivity index (χ4v) is 3.34. The van der Waals surface area contributed by atoms with Crippen LogP contribution in [0.2, 0.25) is 0 Å². The molecule has 2 aromatic heterocycles. The Hall–Kier alpha value is -2.45. The summed E-state index contributed by atoms with van der Waals surface area (Å²) in [7, 11) is 1.91. The summed E-state index contributed by atoms with van der Waals surface area (Å²) in [5.74, 6) is 0.541. The first-order valence-corrected chi connectivity index (χ1v) is 9.06. The summed E-state index contributed by atoms with van der Waals surface area (Å²) in [6, 6.07) is 9.38. The van der Waals surface area contributed by atoms with Gasteiger partial charge in [0.1, 0.15) is 6.33 Å². The minimum atomic E-state index is -0.228. The lowest BCUT2D eigenvalue weighted by molar-refractivity contribution is 0.0955. The first-order chi connectivity index (χ1) is 11.7. The van der Waals surface area contributed by atoms with Gasteiger partial charge < -0.3 is 4.57 Å². The van der Waals surface area contributed by atoms with E-state index >= 15 is 0 Å². The topological polar surface area (TPSA) is 72.2 Å². The van der Waals surface area contributed by atoms with Gasteiger partial charge in [0, 0.05) is 23.9 Å². The second-order valence-electron chi connectivity index (χ2n) is 4.97. The van der Waals surface area contributed by atoms with Crippen LogP contribution in [-0.2, 0) is 12.8 Å². The first-order valence-electron chi connectivity index (χ1n) is 7.14. The fraction of sp³-hybridized carbons (Fsp3) is 0.125. The molecule has 0 radical (unpaired) electrons. The molecule has 8 heteroatoms. The van der Waals surface area contributed by atoms with Gasteiger partial charge in [-0.2, -0.15) is 16.4 Å². The van der Waals surface area contributed by atoms with Gasteiger partial charge in [-0.1, -0.05) is 23.9 Å². The molecule has 0 aliphatic carbocycles. The van der Waals surface area contributed by atoms with Crippen molar-refractivity contribution < 1.29 is 4.79 Å². The monoisotopic (exact) mass is 357 g/mol. The van der Waals surface area contributed by atoms with E-state index in [1.54, 1.807) is 47.8 Å².